The average Bonchev–Trinajstić information content (AvgIpc) is 3.41. The number of anilines is 1. The van der Waals surface area contributed by atoms with E-state index in [0.29, 0.717) is 68.0 Å². The highest BCUT2D eigenvalue weighted by molar-refractivity contribution is 6.33. The van der Waals surface area contributed by atoms with Gasteiger partial charge in [-0.15, -0.1) is 0 Å². The second kappa shape index (κ2) is 13.9. The number of fused-ring (bicyclic) bond motifs is 1. The summed E-state index contributed by atoms with van der Waals surface area (Å²) in [6, 6.07) is 11.4. The number of aromatic amines is 1. The van der Waals surface area contributed by atoms with Gasteiger partial charge in [-0.25, -0.2) is 9.59 Å². The number of carbonyl (C=O) groups excluding carboxylic acids is 2. The number of hydrogen-bond acceptors (Lipinski definition) is 6. The number of nitrogens with two attached hydrogens (primary N) is 1. The van der Waals surface area contributed by atoms with Crippen molar-refractivity contribution in [3.63, 3.8) is 0 Å². The fourth-order valence-corrected chi connectivity index (χ4v) is 7.85. The molecular formula is C34H45ClN6O4. The maximum absolute atomic E-state index is 14.0. The Labute approximate surface area is 269 Å². The maximum Gasteiger partial charge on any atom is 0.410 e. The smallest absolute Gasteiger partial charge is 0.410 e. The fourth-order valence-electron chi connectivity index (χ4n) is 7.59. The monoisotopic (exact) mass is 636 g/mol. The summed E-state index contributed by atoms with van der Waals surface area (Å²) >= 11 is 6.46. The molecule has 0 spiro atoms. The van der Waals surface area contributed by atoms with E-state index in [9.17, 15) is 14.4 Å². The lowest BCUT2D eigenvalue weighted by molar-refractivity contribution is -0.142. The minimum atomic E-state index is -0.966. The normalized spacial score (nSPS) is 19.6. The summed E-state index contributed by atoms with van der Waals surface area (Å²) in [5, 5.41) is 3.89. The highest BCUT2D eigenvalue weighted by Gasteiger charge is 2.35. The van der Waals surface area contributed by atoms with Gasteiger partial charge in [-0.2, -0.15) is 0 Å². The molecule has 4 heterocycles. The summed E-state index contributed by atoms with van der Waals surface area (Å²) < 4.78 is 7.85. The van der Waals surface area contributed by atoms with E-state index in [1.165, 1.54) is 12.8 Å². The molecule has 0 radical (unpaired) electrons. The first-order valence-corrected chi connectivity index (χ1v) is 16.9. The lowest BCUT2D eigenvalue weighted by Crippen LogP contribution is -2.49. The third kappa shape index (κ3) is 6.87. The van der Waals surface area contributed by atoms with E-state index in [0.717, 1.165) is 48.1 Å². The standard InChI is InChI=1S/C34H45ClN6O4/c1-2-23-19-22(20-27(35)31(23)36)21-30(32(42)39-15-9-25(10-16-39)24-7-13-37-14-8-24)45-34(44)40-17-11-26(12-18-40)41-29-6-4-3-5-28(29)38-33(41)43/h3-6,19-20,24-26,30,37H,2,7-18,21,36H2,1H3,(H,38,43)/t30-/m1/s1. The molecular weight excluding hydrogens is 592 g/mol. The van der Waals surface area contributed by atoms with Gasteiger partial charge in [-0.1, -0.05) is 36.7 Å². The molecule has 3 saturated heterocycles. The molecule has 2 aromatic carbocycles. The molecule has 242 valence electrons. The van der Waals surface area contributed by atoms with Crippen LogP contribution in [0.3, 0.4) is 0 Å². The lowest BCUT2D eigenvalue weighted by atomic mass is 9.79. The quantitative estimate of drug-likeness (QED) is 0.322. The van der Waals surface area contributed by atoms with Crippen LogP contribution in [0.5, 0.6) is 0 Å². The van der Waals surface area contributed by atoms with E-state index in [2.05, 4.69) is 10.3 Å². The number of halogens is 1. The van der Waals surface area contributed by atoms with E-state index in [4.69, 9.17) is 22.1 Å². The Bertz CT molecular complexity index is 1560. The van der Waals surface area contributed by atoms with E-state index in [1.807, 2.05) is 42.2 Å². The molecule has 10 nitrogen and oxygen atoms in total. The molecule has 0 aliphatic carbocycles. The van der Waals surface area contributed by atoms with Gasteiger partial charge in [0, 0.05) is 38.6 Å². The Hall–Kier alpha value is -3.50. The first-order valence-electron chi connectivity index (χ1n) is 16.5. The fraction of sp³-hybridized carbons (Fsp3) is 0.559. The van der Waals surface area contributed by atoms with Gasteiger partial charge in [-0.05, 0) is 99.2 Å². The Morgan fingerprint density at radius 2 is 1.64 bits per heavy atom. The van der Waals surface area contributed by atoms with Gasteiger partial charge in [0.15, 0.2) is 6.10 Å². The number of likely N-dealkylation sites (tertiary alicyclic amines) is 2. The molecule has 2 amide bonds. The number of benzene rings is 2. The van der Waals surface area contributed by atoms with Gasteiger partial charge >= 0.3 is 11.8 Å². The van der Waals surface area contributed by atoms with E-state index in [-0.39, 0.29) is 24.1 Å². The number of para-hydroxylation sites is 2. The topological polar surface area (TPSA) is 126 Å². The minimum Gasteiger partial charge on any atom is -0.436 e. The molecule has 4 N–H and O–H groups in total. The highest BCUT2D eigenvalue weighted by Crippen LogP contribution is 2.32. The highest BCUT2D eigenvalue weighted by atomic mass is 35.5. The average molecular weight is 637 g/mol. The number of aryl methyl sites for hydroxylation is 1. The van der Waals surface area contributed by atoms with Gasteiger partial charge in [0.1, 0.15) is 0 Å². The summed E-state index contributed by atoms with van der Waals surface area (Å²) in [7, 11) is 0. The van der Waals surface area contributed by atoms with Gasteiger partial charge < -0.3 is 30.6 Å². The molecule has 3 fully saturated rings. The molecule has 0 unspecified atom stereocenters. The third-order valence-electron chi connectivity index (χ3n) is 10.2. The number of imidazole rings is 1. The van der Waals surface area contributed by atoms with Crippen LogP contribution in [0.2, 0.25) is 5.02 Å². The first-order chi connectivity index (χ1) is 21.8. The van der Waals surface area contributed by atoms with Crippen molar-refractivity contribution in [1.82, 2.24) is 24.7 Å². The molecule has 3 aromatic rings. The number of amides is 2. The van der Waals surface area contributed by atoms with Crippen LogP contribution in [0.25, 0.3) is 11.0 Å². The van der Waals surface area contributed by atoms with Crippen molar-refractivity contribution in [1.29, 1.82) is 0 Å². The Balaban J connectivity index is 1.14. The zero-order chi connectivity index (χ0) is 31.5. The molecule has 3 aliphatic rings. The van der Waals surface area contributed by atoms with Crippen molar-refractivity contribution < 1.29 is 14.3 Å². The van der Waals surface area contributed by atoms with Crippen LogP contribution in [-0.2, 0) is 22.4 Å². The number of aromatic nitrogens is 2. The van der Waals surface area contributed by atoms with Crippen molar-refractivity contribution in [3.05, 3.63) is 63.0 Å². The van der Waals surface area contributed by atoms with Crippen LogP contribution in [0.15, 0.2) is 41.2 Å². The Morgan fingerprint density at radius 1 is 0.978 bits per heavy atom. The van der Waals surface area contributed by atoms with Crippen LogP contribution in [0.1, 0.15) is 62.6 Å². The number of ether oxygens (including phenoxy) is 1. The van der Waals surface area contributed by atoms with E-state index in [1.54, 1.807) is 15.5 Å². The number of nitrogens with zero attached hydrogens (tertiary/aromatic N) is 3. The largest absolute Gasteiger partial charge is 0.436 e. The van der Waals surface area contributed by atoms with E-state index < -0.39 is 12.2 Å². The summed E-state index contributed by atoms with van der Waals surface area (Å²) in [5.74, 6) is 1.19. The summed E-state index contributed by atoms with van der Waals surface area (Å²) in [4.78, 5) is 46.8. The van der Waals surface area contributed by atoms with Crippen LogP contribution < -0.4 is 16.7 Å². The molecule has 45 heavy (non-hydrogen) atoms. The molecule has 3 aliphatic heterocycles. The zero-order valence-electron chi connectivity index (χ0n) is 26.1. The second-order valence-corrected chi connectivity index (χ2v) is 13.3. The number of H-pyrrole nitrogens is 1. The molecule has 1 aromatic heterocycles. The number of carbonyl (C=O) groups is 2. The van der Waals surface area contributed by atoms with Gasteiger partial charge in [0.25, 0.3) is 5.91 Å². The minimum absolute atomic E-state index is 0.0271. The SMILES string of the molecule is CCc1cc(C[C@@H](OC(=O)N2CCC(n3c(=O)[nH]c4ccccc43)CC2)C(=O)N2CCC(C3CCNCC3)CC2)cc(Cl)c1N. The van der Waals surface area contributed by atoms with Crippen molar-refractivity contribution in [3.8, 4) is 0 Å². The molecule has 6 rings (SSSR count). The van der Waals surface area contributed by atoms with Crippen molar-refractivity contribution in [2.75, 3.05) is 45.0 Å². The number of rotatable bonds is 7. The van der Waals surface area contributed by atoms with Gasteiger partial charge in [0.05, 0.1) is 21.7 Å². The van der Waals surface area contributed by atoms with Crippen LogP contribution >= 0.6 is 11.6 Å². The maximum atomic E-state index is 14.0. The van der Waals surface area contributed by atoms with Crippen molar-refractivity contribution >= 4 is 40.3 Å². The third-order valence-corrected chi connectivity index (χ3v) is 10.5. The Kier molecular flexibility index (Phi) is 9.70. The van der Waals surface area contributed by atoms with Crippen molar-refractivity contribution in [2.45, 2.75) is 70.4 Å². The molecule has 1 atom stereocenters. The number of nitrogen functional groups attached to an aromatic ring is 1. The van der Waals surface area contributed by atoms with Gasteiger partial charge in [-0.3, -0.25) is 9.36 Å². The predicted octanol–water partition coefficient (Wildman–Crippen LogP) is 4.75. The van der Waals surface area contributed by atoms with Crippen LogP contribution in [0, 0.1) is 11.8 Å². The summed E-state index contributed by atoms with van der Waals surface area (Å²) in [5.41, 5.74) is 9.99. The number of piperidine rings is 3. The first kappa shape index (κ1) is 31.5. The molecule has 0 bridgehead atoms. The van der Waals surface area contributed by atoms with E-state index >= 15 is 0 Å². The number of hydrogen-bond donors (Lipinski definition) is 3. The zero-order valence-corrected chi connectivity index (χ0v) is 26.9. The van der Waals surface area contributed by atoms with Gasteiger partial charge in [0.2, 0.25) is 0 Å². The summed E-state index contributed by atoms with van der Waals surface area (Å²) in [6.07, 6.45) is 5.05. The molecule has 11 heteroatoms. The summed E-state index contributed by atoms with van der Waals surface area (Å²) in [6.45, 7) is 6.37. The van der Waals surface area contributed by atoms with Crippen LogP contribution in [0.4, 0.5) is 10.5 Å². The Morgan fingerprint density at radius 3 is 2.36 bits per heavy atom. The lowest BCUT2D eigenvalue weighted by Gasteiger charge is -2.39. The second-order valence-electron chi connectivity index (χ2n) is 12.9. The van der Waals surface area contributed by atoms with Crippen LogP contribution in [-0.4, -0.2) is 76.7 Å². The van der Waals surface area contributed by atoms with Crippen molar-refractivity contribution in [2.24, 2.45) is 11.8 Å². The molecule has 0 saturated carbocycles. The number of nitrogens with one attached hydrogen (secondary N) is 2. The predicted molar refractivity (Wildman–Crippen MR) is 177 cm³/mol.